The fourth-order valence-electron chi connectivity index (χ4n) is 4.76. The molecule has 11 heteroatoms. The van der Waals surface area contributed by atoms with Crippen LogP contribution in [0.15, 0.2) is 0 Å². The van der Waals surface area contributed by atoms with E-state index in [2.05, 4.69) is 36.6 Å². The molecular weight excluding hydrogens is 599 g/mol. The van der Waals surface area contributed by atoms with Crippen molar-refractivity contribution in [3.05, 3.63) is 0 Å². The predicted molar refractivity (Wildman–Crippen MR) is 185 cm³/mol. The van der Waals surface area contributed by atoms with Crippen LogP contribution in [0.4, 0.5) is 0 Å². The van der Waals surface area contributed by atoms with Gasteiger partial charge in [-0.2, -0.15) is 0 Å². The number of esters is 2. The molecule has 0 aliphatic rings. The minimum absolute atomic E-state index is 0.159. The molecule has 44 heavy (non-hydrogen) atoms. The van der Waals surface area contributed by atoms with Crippen LogP contribution in [0.2, 0.25) is 0 Å². The lowest BCUT2D eigenvalue weighted by Gasteiger charge is -2.18. The summed E-state index contributed by atoms with van der Waals surface area (Å²) in [5, 5.41) is 5.58. The van der Waals surface area contributed by atoms with E-state index in [0.717, 1.165) is 45.1 Å². The van der Waals surface area contributed by atoms with Gasteiger partial charge in [0, 0.05) is 24.3 Å². The topological polar surface area (TPSA) is 114 Å². The average Bonchev–Trinajstić information content (AvgIpc) is 3.00. The molecule has 2 N–H and O–H groups in total. The number of nitrogens with zero attached hydrogens (tertiary/aromatic N) is 1. The molecule has 2 atom stereocenters. The van der Waals surface area contributed by atoms with E-state index in [-0.39, 0.29) is 17.6 Å². The van der Waals surface area contributed by atoms with E-state index in [9.17, 15) is 19.2 Å². The molecule has 2 amide bonds. The summed E-state index contributed by atoms with van der Waals surface area (Å²) in [6, 6.07) is -1.54. The molecule has 0 aromatic rings. The van der Waals surface area contributed by atoms with Crippen molar-refractivity contribution >= 4 is 45.3 Å². The van der Waals surface area contributed by atoms with Crippen LogP contribution < -0.4 is 10.6 Å². The van der Waals surface area contributed by atoms with Gasteiger partial charge in [-0.25, -0.2) is 9.59 Å². The second kappa shape index (κ2) is 30.2. The maximum absolute atomic E-state index is 12.5. The van der Waals surface area contributed by atoms with E-state index in [0.29, 0.717) is 18.6 Å². The number of unbranched alkanes of at least 4 members (excludes halogenated alkanes) is 15. The normalized spacial score (nSPS) is 12.5. The van der Waals surface area contributed by atoms with Crippen molar-refractivity contribution in [2.24, 2.45) is 0 Å². The first-order valence-electron chi connectivity index (χ1n) is 16.9. The number of hydrogen-bond acceptors (Lipinski definition) is 9. The molecule has 0 rings (SSSR count). The number of hydrogen-bond donors (Lipinski definition) is 2. The third-order valence-electron chi connectivity index (χ3n) is 7.46. The van der Waals surface area contributed by atoms with E-state index >= 15 is 0 Å². The highest BCUT2D eigenvalue weighted by atomic mass is 33.1. The number of nitrogens with one attached hydrogen (secondary N) is 2. The van der Waals surface area contributed by atoms with Gasteiger partial charge >= 0.3 is 11.9 Å². The van der Waals surface area contributed by atoms with Crippen LogP contribution in [-0.2, 0) is 28.7 Å². The lowest BCUT2D eigenvalue weighted by molar-refractivity contribution is -0.144. The summed E-state index contributed by atoms with van der Waals surface area (Å²) in [6.45, 7) is 3.36. The summed E-state index contributed by atoms with van der Waals surface area (Å²) in [4.78, 5) is 51.7. The average molecular weight is 662 g/mol. The van der Waals surface area contributed by atoms with Gasteiger partial charge in [-0.15, -0.1) is 0 Å². The maximum atomic E-state index is 12.5. The Labute approximate surface area is 276 Å². The summed E-state index contributed by atoms with van der Waals surface area (Å²) in [5.74, 6) is -0.741. The van der Waals surface area contributed by atoms with Crippen molar-refractivity contribution in [2.45, 2.75) is 141 Å². The Bertz CT molecular complexity index is 757. The van der Waals surface area contributed by atoms with Gasteiger partial charge in [0.15, 0.2) is 0 Å². The Morgan fingerprint density at radius 1 is 0.568 bits per heavy atom. The molecule has 0 aromatic heterocycles. The van der Waals surface area contributed by atoms with Gasteiger partial charge < -0.3 is 25.0 Å². The highest BCUT2D eigenvalue weighted by Crippen LogP contribution is 2.24. The molecule has 0 heterocycles. The van der Waals surface area contributed by atoms with Gasteiger partial charge in [-0.1, -0.05) is 118 Å². The second-order valence-corrected chi connectivity index (χ2v) is 14.4. The summed E-state index contributed by atoms with van der Waals surface area (Å²) >= 11 is 0. The largest absolute Gasteiger partial charge is 0.467 e. The van der Waals surface area contributed by atoms with Crippen LogP contribution in [0.1, 0.15) is 129 Å². The Balaban J connectivity index is 4.26. The predicted octanol–water partition coefficient (Wildman–Crippen LogP) is 6.68. The molecule has 0 aliphatic heterocycles. The molecule has 0 aliphatic carbocycles. The zero-order valence-electron chi connectivity index (χ0n) is 28.4. The Morgan fingerprint density at radius 2 is 0.909 bits per heavy atom. The Morgan fingerprint density at radius 3 is 1.25 bits per heavy atom. The first-order valence-corrected chi connectivity index (χ1v) is 19.4. The molecule has 0 saturated heterocycles. The van der Waals surface area contributed by atoms with Crippen LogP contribution in [0.3, 0.4) is 0 Å². The lowest BCUT2D eigenvalue weighted by atomic mass is 10.1. The summed E-state index contributed by atoms with van der Waals surface area (Å²) in [5.41, 5.74) is 0. The van der Waals surface area contributed by atoms with Crippen molar-refractivity contribution in [3.8, 4) is 0 Å². The van der Waals surface area contributed by atoms with E-state index in [1.807, 2.05) is 0 Å². The third-order valence-corrected chi connectivity index (χ3v) is 9.88. The Hall–Kier alpha value is -1.46. The van der Waals surface area contributed by atoms with Crippen LogP contribution in [0.25, 0.3) is 0 Å². The summed E-state index contributed by atoms with van der Waals surface area (Å²) < 4.78 is 9.76. The molecule has 9 nitrogen and oxygen atoms in total. The first-order chi connectivity index (χ1) is 21.2. The summed E-state index contributed by atoms with van der Waals surface area (Å²) in [7, 11) is 9.51. The summed E-state index contributed by atoms with van der Waals surface area (Å²) in [6.07, 6.45) is 20.4. The van der Waals surface area contributed by atoms with Crippen molar-refractivity contribution < 1.29 is 28.7 Å². The molecule has 0 aromatic carbocycles. The second-order valence-electron chi connectivity index (χ2n) is 11.8. The number of amides is 2. The number of carbonyl (C=O) groups excluding carboxylic acids is 4. The molecule has 2 unspecified atom stereocenters. The van der Waals surface area contributed by atoms with Gasteiger partial charge in [-0.05, 0) is 39.9 Å². The van der Waals surface area contributed by atoms with E-state index in [1.54, 1.807) is 0 Å². The third kappa shape index (κ3) is 25.8. The zero-order chi connectivity index (χ0) is 32.8. The van der Waals surface area contributed by atoms with Crippen LogP contribution >= 0.6 is 21.6 Å². The van der Waals surface area contributed by atoms with Gasteiger partial charge in [0.05, 0.1) is 14.2 Å². The minimum atomic E-state index is -0.773. The fourth-order valence-corrected chi connectivity index (χ4v) is 7.05. The monoisotopic (exact) mass is 661 g/mol. The number of rotatable bonds is 30. The zero-order valence-corrected chi connectivity index (χ0v) is 30.1. The van der Waals surface area contributed by atoms with Crippen molar-refractivity contribution in [3.63, 3.8) is 0 Å². The molecule has 0 spiro atoms. The van der Waals surface area contributed by atoms with Gasteiger partial charge in [0.2, 0.25) is 11.8 Å². The smallest absolute Gasteiger partial charge is 0.329 e. The van der Waals surface area contributed by atoms with E-state index in [4.69, 9.17) is 9.47 Å². The highest BCUT2D eigenvalue weighted by molar-refractivity contribution is 8.76. The highest BCUT2D eigenvalue weighted by Gasteiger charge is 2.24. The molecule has 0 fully saturated rings. The first kappa shape index (κ1) is 42.5. The van der Waals surface area contributed by atoms with Crippen LogP contribution in [0, 0.1) is 0 Å². The van der Waals surface area contributed by atoms with Crippen molar-refractivity contribution in [2.75, 3.05) is 46.4 Å². The lowest BCUT2D eigenvalue weighted by Crippen LogP contribution is -2.44. The number of carbonyl (C=O) groups is 4. The van der Waals surface area contributed by atoms with Gasteiger partial charge in [0.25, 0.3) is 0 Å². The fraction of sp³-hybridized carbons (Fsp3) is 0.879. The van der Waals surface area contributed by atoms with E-state index in [1.165, 1.54) is 106 Å². The van der Waals surface area contributed by atoms with Gasteiger partial charge in [-0.3, -0.25) is 9.59 Å². The minimum Gasteiger partial charge on any atom is -0.467 e. The van der Waals surface area contributed by atoms with Gasteiger partial charge in [0.1, 0.15) is 12.1 Å². The van der Waals surface area contributed by atoms with Crippen LogP contribution in [0.5, 0.6) is 0 Å². The van der Waals surface area contributed by atoms with Crippen molar-refractivity contribution in [1.29, 1.82) is 0 Å². The van der Waals surface area contributed by atoms with Crippen molar-refractivity contribution in [1.82, 2.24) is 15.5 Å². The number of methoxy groups -OCH3 is 2. The molecule has 0 radical (unpaired) electrons. The maximum Gasteiger partial charge on any atom is 0.329 e. The SMILES string of the molecule is CCCCCCCCCCCC(=O)NC(CSSCC(NC(=O)CCCCCCCCCCN(C)C)C(=O)OC)C(=O)OC. The molecular formula is C33H63N3O6S2. The Kier molecular flexibility index (Phi) is 29.2. The quantitative estimate of drug-likeness (QED) is 0.0495. The molecule has 0 saturated carbocycles. The van der Waals surface area contributed by atoms with Crippen LogP contribution in [-0.4, -0.2) is 87.1 Å². The standard InChI is InChI=1S/C33H63N3O6S2/c1-6-7-8-9-10-11-14-17-20-23-30(37)34-28(32(39)41-4)26-43-44-27-29(33(40)42-5)35-31(38)24-21-18-15-12-13-16-19-22-25-36(2)3/h28-29H,6-27H2,1-5H3,(H,34,37)(H,35,38). The molecule has 258 valence electrons. The molecule has 0 bridgehead atoms. The number of ether oxygens (including phenoxy) is 2. The van der Waals surface area contributed by atoms with E-state index < -0.39 is 24.0 Å².